The van der Waals surface area contributed by atoms with Gasteiger partial charge in [0, 0.05) is 6.08 Å². The molecule has 3 aliphatic rings. The number of fused-ring (bicyclic) bond motifs is 5. The first-order valence-corrected chi connectivity index (χ1v) is 7.53. The van der Waals surface area contributed by atoms with Crippen molar-refractivity contribution in [2.24, 2.45) is 35.5 Å². The summed E-state index contributed by atoms with van der Waals surface area (Å²) in [7, 11) is 0. The lowest BCUT2D eigenvalue weighted by atomic mass is 9.75. The largest absolute Gasteiger partial charge is 0.462 e. The van der Waals surface area contributed by atoms with Crippen molar-refractivity contribution < 1.29 is 9.53 Å². The zero-order valence-electron chi connectivity index (χ0n) is 11.3. The van der Waals surface area contributed by atoms with Gasteiger partial charge in [-0.15, -0.1) is 0 Å². The van der Waals surface area contributed by atoms with Crippen LogP contribution in [0.2, 0.25) is 0 Å². The van der Waals surface area contributed by atoms with Crippen molar-refractivity contribution in [3.63, 3.8) is 0 Å². The van der Waals surface area contributed by atoms with Crippen LogP contribution in [-0.2, 0) is 9.53 Å². The highest BCUT2D eigenvalue weighted by molar-refractivity contribution is 5.81. The molecule has 0 aliphatic heterocycles. The molecule has 0 aromatic heterocycles. The summed E-state index contributed by atoms with van der Waals surface area (Å²) in [5.41, 5.74) is 0. The van der Waals surface area contributed by atoms with E-state index in [1.165, 1.54) is 38.2 Å². The van der Waals surface area contributed by atoms with E-state index < -0.39 is 0 Å². The Balaban J connectivity index is 1.68. The molecule has 0 saturated heterocycles. The molecule has 0 amide bonds. The van der Waals surface area contributed by atoms with Gasteiger partial charge >= 0.3 is 5.97 Å². The van der Waals surface area contributed by atoms with Gasteiger partial charge < -0.3 is 4.74 Å². The van der Waals surface area contributed by atoms with Crippen molar-refractivity contribution in [1.82, 2.24) is 0 Å². The zero-order valence-corrected chi connectivity index (χ0v) is 11.3. The van der Waals surface area contributed by atoms with E-state index in [1.807, 2.05) is 0 Å². The first-order chi connectivity index (χ1) is 8.74. The fourth-order valence-corrected chi connectivity index (χ4v) is 5.35. The molecule has 100 valence electrons. The molecule has 2 heteroatoms. The second kappa shape index (κ2) is 4.71. The molecule has 6 atom stereocenters. The Hall–Kier alpha value is -0.790. The Kier molecular flexibility index (Phi) is 3.21. The minimum absolute atomic E-state index is 0.255. The van der Waals surface area contributed by atoms with E-state index in [9.17, 15) is 4.79 Å². The third-order valence-corrected chi connectivity index (χ3v) is 5.87. The van der Waals surface area contributed by atoms with Gasteiger partial charge in [0.25, 0.3) is 0 Å². The molecule has 2 bridgehead atoms. The average molecular weight is 248 g/mol. The molecule has 0 N–H and O–H groups in total. The molecule has 0 spiro atoms. The fourth-order valence-electron chi connectivity index (χ4n) is 5.35. The minimum Gasteiger partial charge on any atom is -0.462 e. The maximum Gasteiger partial charge on any atom is 0.330 e. The summed E-state index contributed by atoms with van der Waals surface area (Å²) < 4.78 is 5.33. The highest BCUT2D eigenvalue weighted by Crippen LogP contribution is 2.63. The van der Waals surface area contributed by atoms with Crippen molar-refractivity contribution in [2.45, 2.75) is 39.0 Å². The standard InChI is InChI=1S/C16H24O2/c1-3-10-7-13(9-18-14(17)4-2)16-12-6-5-11(8-12)15(10)16/h4,10-13,15-16H,2-3,5-9H2,1H3. The monoisotopic (exact) mass is 248 g/mol. The van der Waals surface area contributed by atoms with E-state index in [0.29, 0.717) is 12.5 Å². The van der Waals surface area contributed by atoms with Crippen molar-refractivity contribution in [3.05, 3.63) is 12.7 Å². The topological polar surface area (TPSA) is 26.3 Å². The second-order valence-electron chi connectivity index (χ2n) is 6.49. The number of hydrogen-bond acceptors (Lipinski definition) is 2. The molecule has 2 nitrogen and oxygen atoms in total. The predicted octanol–water partition coefficient (Wildman–Crippen LogP) is 3.42. The normalized spacial score (nSPS) is 44.9. The summed E-state index contributed by atoms with van der Waals surface area (Å²) in [4.78, 5) is 11.2. The Labute approximate surface area is 110 Å². The summed E-state index contributed by atoms with van der Waals surface area (Å²) in [6.45, 7) is 6.42. The van der Waals surface area contributed by atoms with Crippen LogP contribution in [-0.4, -0.2) is 12.6 Å². The van der Waals surface area contributed by atoms with E-state index in [1.54, 1.807) is 0 Å². The SMILES string of the molecule is C=CC(=O)OCC1CC(CC)C2C3CCC(C3)C12. The highest BCUT2D eigenvalue weighted by Gasteiger charge is 2.56. The molecule has 0 heterocycles. The molecular formula is C16H24O2. The van der Waals surface area contributed by atoms with Gasteiger partial charge in [-0.2, -0.15) is 0 Å². The van der Waals surface area contributed by atoms with E-state index in [0.717, 1.165) is 29.6 Å². The van der Waals surface area contributed by atoms with Gasteiger partial charge in [-0.1, -0.05) is 19.9 Å². The predicted molar refractivity (Wildman–Crippen MR) is 70.9 cm³/mol. The van der Waals surface area contributed by atoms with Crippen LogP contribution in [0, 0.1) is 35.5 Å². The number of hydrogen-bond donors (Lipinski definition) is 0. The molecule has 3 saturated carbocycles. The van der Waals surface area contributed by atoms with Crippen LogP contribution in [0.5, 0.6) is 0 Å². The molecular weight excluding hydrogens is 224 g/mol. The van der Waals surface area contributed by atoms with Crippen LogP contribution in [0.1, 0.15) is 39.0 Å². The molecule has 0 aromatic carbocycles. The average Bonchev–Trinajstić information content (AvgIpc) is 3.07. The summed E-state index contributed by atoms with van der Waals surface area (Å²) in [6, 6.07) is 0. The molecule has 3 rings (SSSR count). The second-order valence-corrected chi connectivity index (χ2v) is 6.49. The van der Waals surface area contributed by atoms with Crippen LogP contribution in [0.15, 0.2) is 12.7 Å². The summed E-state index contributed by atoms with van der Waals surface area (Å²) >= 11 is 0. The number of esters is 1. The van der Waals surface area contributed by atoms with Crippen LogP contribution in [0.4, 0.5) is 0 Å². The van der Waals surface area contributed by atoms with Gasteiger partial charge in [-0.3, -0.25) is 0 Å². The lowest BCUT2D eigenvalue weighted by Crippen LogP contribution is -2.26. The van der Waals surface area contributed by atoms with Gasteiger partial charge in [0.1, 0.15) is 0 Å². The Morgan fingerprint density at radius 2 is 1.89 bits per heavy atom. The van der Waals surface area contributed by atoms with Crippen molar-refractivity contribution in [3.8, 4) is 0 Å². The van der Waals surface area contributed by atoms with Crippen LogP contribution >= 0.6 is 0 Å². The Morgan fingerprint density at radius 1 is 1.22 bits per heavy atom. The van der Waals surface area contributed by atoms with Gasteiger partial charge in [-0.05, 0) is 61.2 Å². The van der Waals surface area contributed by atoms with Crippen LogP contribution < -0.4 is 0 Å². The minimum atomic E-state index is -0.255. The van der Waals surface area contributed by atoms with E-state index in [2.05, 4.69) is 13.5 Å². The molecule has 6 unspecified atom stereocenters. The molecule has 0 aromatic rings. The van der Waals surface area contributed by atoms with Crippen molar-refractivity contribution >= 4 is 5.97 Å². The molecule has 3 fully saturated rings. The molecule has 18 heavy (non-hydrogen) atoms. The summed E-state index contributed by atoms with van der Waals surface area (Å²) in [6.07, 6.45) is 8.21. The van der Waals surface area contributed by atoms with E-state index in [-0.39, 0.29) is 5.97 Å². The van der Waals surface area contributed by atoms with Crippen molar-refractivity contribution in [1.29, 1.82) is 0 Å². The van der Waals surface area contributed by atoms with Crippen LogP contribution in [0.25, 0.3) is 0 Å². The lowest BCUT2D eigenvalue weighted by molar-refractivity contribution is -0.139. The maximum atomic E-state index is 11.2. The number of carbonyl (C=O) groups excluding carboxylic acids is 1. The van der Waals surface area contributed by atoms with Gasteiger partial charge in [0.15, 0.2) is 0 Å². The summed E-state index contributed by atoms with van der Waals surface area (Å²) in [5, 5.41) is 0. The quantitative estimate of drug-likeness (QED) is 0.563. The Bertz CT molecular complexity index is 349. The third kappa shape index (κ3) is 1.81. The summed E-state index contributed by atoms with van der Waals surface area (Å²) in [5.74, 6) is 4.98. The zero-order chi connectivity index (χ0) is 12.7. The van der Waals surface area contributed by atoms with E-state index >= 15 is 0 Å². The highest BCUT2D eigenvalue weighted by atomic mass is 16.5. The first-order valence-electron chi connectivity index (χ1n) is 7.53. The molecule has 3 aliphatic carbocycles. The number of ether oxygens (including phenoxy) is 1. The number of rotatable bonds is 4. The molecule has 0 radical (unpaired) electrons. The van der Waals surface area contributed by atoms with Gasteiger partial charge in [-0.25, -0.2) is 4.79 Å². The number of carbonyl (C=O) groups is 1. The van der Waals surface area contributed by atoms with Gasteiger partial charge in [0.2, 0.25) is 0 Å². The van der Waals surface area contributed by atoms with Crippen molar-refractivity contribution in [2.75, 3.05) is 6.61 Å². The first kappa shape index (κ1) is 12.3. The van der Waals surface area contributed by atoms with Crippen LogP contribution in [0.3, 0.4) is 0 Å². The van der Waals surface area contributed by atoms with Gasteiger partial charge in [0.05, 0.1) is 6.61 Å². The fraction of sp³-hybridized carbons (Fsp3) is 0.812. The third-order valence-electron chi connectivity index (χ3n) is 5.87. The smallest absolute Gasteiger partial charge is 0.330 e. The Morgan fingerprint density at radius 3 is 2.50 bits per heavy atom. The lowest BCUT2D eigenvalue weighted by Gasteiger charge is -2.30. The van der Waals surface area contributed by atoms with E-state index in [4.69, 9.17) is 4.74 Å². The maximum absolute atomic E-state index is 11.2.